The van der Waals surface area contributed by atoms with Crippen LogP contribution in [0.2, 0.25) is 0 Å². The Labute approximate surface area is 94.9 Å². The van der Waals surface area contributed by atoms with E-state index in [-0.39, 0.29) is 12.3 Å². The highest BCUT2D eigenvalue weighted by atomic mass is 32.3. The third-order valence-corrected chi connectivity index (χ3v) is 0.766. The Bertz CT molecular complexity index is 298. The van der Waals surface area contributed by atoms with Gasteiger partial charge >= 0.3 is 20.8 Å². The van der Waals surface area contributed by atoms with Gasteiger partial charge in [-0.25, -0.2) is 0 Å². The van der Waals surface area contributed by atoms with E-state index in [2.05, 4.69) is 29.4 Å². The fourth-order valence-corrected chi connectivity index (χ4v) is 0.632. The Morgan fingerprint density at radius 2 is 0.938 bits per heavy atom. The van der Waals surface area contributed by atoms with Crippen molar-refractivity contribution < 1.29 is 34.6 Å². The van der Waals surface area contributed by atoms with Gasteiger partial charge in [0.1, 0.15) is 0 Å². The lowest BCUT2D eigenvalue weighted by atomic mass is 10.3. The summed E-state index contributed by atoms with van der Waals surface area (Å²) in [5.74, 6) is 0.833. The molecule has 16 heavy (non-hydrogen) atoms. The molecule has 0 saturated carbocycles. The Morgan fingerprint density at radius 1 is 0.812 bits per heavy atom. The Morgan fingerprint density at radius 3 is 1.00 bits per heavy atom. The highest BCUT2D eigenvalue weighted by Gasteiger charge is 2.13. The number of hydrogen-bond acceptors (Lipinski definition) is 8. The van der Waals surface area contributed by atoms with E-state index in [0.29, 0.717) is 0 Å². The molecule has 0 fully saturated rings. The van der Waals surface area contributed by atoms with Crippen molar-refractivity contribution in [2.45, 2.75) is 20.8 Å². The van der Waals surface area contributed by atoms with E-state index < -0.39 is 20.8 Å². The highest BCUT2D eigenvalue weighted by molar-refractivity contribution is 7.83. The van der Waals surface area contributed by atoms with Gasteiger partial charge in [-0.2, -0.15) is 16.8 Å². The topological polar surface area (TPSA) is 197 Å². The first-order valence-corrected chi connectivity index (χ1v) is 5.99. The van der Waals surface area contributed by atoms with Crippen molar-refractivity contribution in [1.29, 1.82) is 0 Å². The van der Waals surface area contributed by atoms with Crippen LogP contribution >= 0.6 is 0 Å². The molecule has 0 aromatic heterocycles. The Kier molecular flexibility index (Phi) is 15.2. The third-order valence-electron chi connectivity index (χ3n) is 0.200. The zero-order chi connectivity index (χ0) is 12.0. The third kappa shape index (κ3) is 49.4. The number of hydrogen-bond donors (Lipinski definition) is 4. The second-order valence-electron chi connectivity index (χ2n) is 2.72. The molecule has 0 rings (SSSR count). The van der Waals surface area contributed by atoms with Gasteiger partial charge in [0.05, 0.1) is 0 Å². The van der Waals surface area contributed by atoms with Crippen molar-refractivity contribution in [3.63, 3.8) is 0 Å². The largest absolute Gasteiger partial charge is 0.425 e. The molecule has 12 heteroatoms. The minimum Gasteiger partial charge on any atom is -0.344 e. The monoisotopic (exact) mass is 286 g/mol. The van der Waals surface area contributed by atoms with E-state index in [0.717, 1.165) is 5.92 Å². The van der Waals surface area contributed by atoms with E-state index in [4.69, 9.17) is 9.11 Å². The van der Waals surface area contributed by atoms with Gasteiger partial charge in [-0.1, -0.05) is 29.4 Å². The molecule has 8 N–H and O–H groups in total. The van der Waals surface area contributed by atoms with Crippen molar-refractivity contribution in [3.05, 3.63) is 0 Å². The standard InChI is InChI=1S/C4H10.2H3N.H2O8S2/c1-4(2)3;;;1-9(2,3)7-8-10(4,5)6/h4H,1-3H3;2*1H3;(H,1,2,3)(H,4,5,6). The van der Waals surface area contributed by atoms with E-state index in [9.17, 15) is 16.8 Å². The fraction of sp³-hybridized carbons (Fsp3) is 1.00. The molecule has 104 valence electrons. The summed E-state index contributed by atoms with van der Waals surface area (Å²) >= 11 is 0. The van der Waals surface area contributed by atoms with Crippen LogP contribution in [0.4, 0.5) is 0 Å². The predicted octanol–water partition coefficient (Wildman–Crippen LogP) is 0.527. The SMILES string of the molecule is CC(C)C.N.N.O=S(=O)(O)OOS(=O)(=O)O. The summed E-state index contributed by atoms with van der Waals surface area (Å²) in [5, 5.41) is 0. The fourth-order valence-electron chi connectivity index (χ4n) is 0.0702. The van der Waals surface area contributed by atoms with Gasteiger partial charge in [-0.3, -0.25) is 9.11 Å². The minimum atomic E-state index is -5.02. The van der Waals surface area contributed by atoms with E-state index in [1.807, 2.05) is 0 Å². The van der Waals surface area contributed by atoms with Gasteiger partial charge in [0, 0.05) is 0 Å². The molecular weight excluding hydrogens is 268 g/mol. The second kappa shape index (κ2) is 9.86. The second-order valence-corrected chi connectivity index (χ2v) is 4.71. The smallest absolute Gasteiger partial charge is 0.344 e. The summed E-state index contributed by atoms with van der Waals surface area (Å²) in [6.07, 6.45) is 0. The molecule has 0 radical (unpaired) electrons. The van der Waals surface area contributed by atoms with Gasteiger partial charge in [-0.05, 0) is 5.92 Å². The lowest BCUT2D eigenvalue weighted by Crippen LogP contribution is -2.10. The van der Waals surface area contributed by atoms with Gasteiger partial charge in [-0.15, -0.1) is 0 Å². The van der Waals surface area contributed by atoms with Gasteiger partial charge in [0.15, 0.2) is 0 Å². The van der Waals surface area contributed by atoms with Crippen LogP contribution < -0.4 is 12.3 Å². The van der Waals surface area contributed by atoms with Crippen molar-refractivity contribution >= 4 is 20.8 Å². The van der Waals surface area contributed by atoms with Crippen LogP contribution in [0.3, 0.4) is 0 Å². The summed E-state index contributed by atoms with van der Waals surface area (Å²) < 4.78 is 58.9. The Balaban J connectivity index is -0.000000105. The molecule has 0 aliphatic rings. The van der Waals surface area contributed by atoms with Crippen LogP contribution in [0.1, 0.15) is 20.8 Å². The lowest BCUT2D eigenvalue weighted by molar-refractivity contribution is -0.105. The molecule has 0 heterocycles. The summed E-state index contributed by atoms with van der Waals surface area (Å²) in [6.45, 7) is 6.50. The van der Waals surface area contributed by atoms with Crippen LogP contribution in [-0.2, 0) is 29.5 Å². The normalized spacial score (nSPS) is 10.6. The first-order chi connectivity index (χ1) is 5.94. The highest BCUT2D eigenvalue weighted by Crippen LogP contribution is 1.92. The van der Waals surface area contributed by atoms with E-state index in [1.165, 1.54) is 0 Å². The molecule has 0 unspecified atom stereocenters. The maximum atomic E-state index is 9.51. The van der Waals surface area contributed by atoms with Gasteiger partial charge in [0.25, 0.3) is 0 Å². The zero-order valence-electron chi connectivity index (χ0n) is 9.15. The molecule has 0 amide bonds. The van der Waals surface area contributed by atoms with Crippen molar-refractivity contribution in [2.75, 3.05) is 0 Å². The minimum absolute atomic E-state index is 0. The molecule has 0 saturated heterocycles. The Hall–Kier alpha value is -0.340. The number of rotatable bonds is 3. The van der Waals surface area contributed by atoms with Crippen molar-refractivity contribution in [1.82, 2.24) is 12.3 Å². The van der Waals surface area contributed by atoms with Gasteiger partial charge < -0.3 is 12.3 Å². The molecule has 0 aromatic rings. The maximum absolute atomic E-state index is 9.51. The summed E-state index contributed by atoms with van der Waals surface area (Å²) in [7, 11) is -10.0. The molecule has 0 aromatic carbocycles. The maximum Gasteiger partial charge on any atom is 0.425 e. The summed E-state index contributed by atoms with van der Waals surface area (Å²) in [4.78, 5) is 0. The van der Waals surface area contributed by atoms with Crippen LogP contribution in [0.25, 0.3) is 0 Å². The first kappa shape index (κ1) is 24.8. The molecule has 0 bridgehead atoms. The first-order valence-electron chi connectivity index (χ1n) is 3.26. The zero-order valence-corrected chi connectivity index (χ0v) is 10.8. The van der Waals surface area contributed by atoms with Crippen LogP contribution in [0.5, 0.6) is 0 Å². The van der Waals surface area contributed by atoms with Crippen LogP contribution in [0, 0.1) is 5.92 Å². The molecule has 0 aliphatic carbocycles. The molecule has 10 nitrogen and oxygen atoms in total. The summed E-state index contributed by atoms with van der Waals surface area (Å²) in [5.41, 5.74) is 0. The van der Waals surface area contributed by atoms with Crippen molar-refractivity contribution in [2.24, 2.45) is 5.92 Å². The molecular formula is C4H18N2O8S2. The lowest BCUT2D eigenvalue weighted by Gasteiger charge is -1.92. The van der Waals surface area contributed by atoms with Gasteiger partial charge in [0.2, 0.25) is 0 Å². The average Bonchev–Trinajstić information content (AvgIpc) is 1.79. The quantitative estimate of drug-likeness (QED) is 0.322. The average molecular weight is 286 g/mol. The molecule has 0 atom stereocenters. The molecule has 0 aliphatic heterocycles. The summed E-state index contributed by atoms with van der Waals surface area (Å²) in [6, 6.07) is 0. The molecule has 0 spiro atoms. The predicted molar refractivity (Wildman–Crippen MR) is 55.8 cm³/mol. The van der Waals surface area contributed by atoms with E-state index >= 15 is 0 Å². The van der Waals surface area contributed by atoms with E-state index in [1.54, 1.807) is 0 Å². The van der Waals surface area contributed by atoms with Crippen LogP contribution in [-0.4, -0.2) is 25.9 Å². The van der Waals surface area contributed by atoms with Crippen LogP contribution in [0.15, 0.2) is 0 Å². The van der Waals surface area contributed by atoms with Crippen molar-refractivity contribution in [3.8, 4) is 0 Å².